The normalized spacial score (nSPS) is 12.9. The van der Waals surface area contributed by atoms with E-state index in [0.29, 0.717) is 0 Å². The lowest BCUT2D eigenvalue weighted by molar-refractivity contribution is 0.570. The van der Waals surface area contributed by atoms with Crippen molar-refractivity contribution in [3.05, 3.63) is 363 Å². The van der Waals surface area contributed by atoms with Crippen LogP contribution in [0.3, 0.4) is 0 Å². The van der Waals surface area contributed by atoms with Crippen LogP contribution in [0.4, 0.5) is 17.1 Å². The van der Waals surface area contributed by atoms with Crippen molar-refractivity contribution in [1.82, 2.24) is 18.3 Å². The number of nitrogens with zero attached hydrogens (tertiary/aromatic N) is 5. The maximum atomic E-state index is 2.66. The van der Waals surface area contributed by atoms with Crippen molar-refractivity contribution < 1.29 is 0 Å². The molecule has 7 heteroatoms. The number of rotatable bonds is 9. The number of hydrogen-bond donors (Lipinski definition) is 0. The number of para-hydroxylation sites is 11. The molecule has 0 radical (unpaired) electrons. The van der Waals surface area contributed by atoms with E-state index in [-0.39, 0.29) is 17.5 Å². The third-order valence-electron chi connectivity index (χ3n) is 23.9. The highest BCUT2D eigenvalue weighted by atomic mass is 32.2. The van der Waals surface area contributed by atoms with Crippen LogP contribution in [0.15, 0.2) is 362 Å². The van der Waals surface area contributed by atoms with Crippen LogP contribution in [0.5, 0.6) is 0 Å². The Hall–Kier alpha value is -13.1. The lowest BCUT2D eigenvalue weighted by Gasteiger charge is -2.41. The Balaban J connectivity index is 0.836. The van der Waals surface area contributed by atoms with Crippen LogP contribution >= 0.6 is 11.8 Å². The molecule has 111 heavy (non-hydrogen) atoms. The van der Waals surface area contributed by atoms with Crippen molar-refractivity contribution in [3.63, 3.8) is 0 Å². The molecule has 0 amide bonds. The molecule has 526 valence electrons. The Labute approximate surface area is 650 Å². The molecule has 0 saturated carbocycles. The van der Waals surface area contributed by atoms with E-state index in [9.17, 15) is 0 Å². The SMILES string of the molecule is CC(C)(C)c1ccc(-c2cc3c4c(c2)N(c2ccccc2-c2ccccc2)c2cc(-c5cccc(-n6c7ccccc7c7ccccc76)c5-n5c6ccccc6c6ccccc65)ccc2B4c2ccc(-c4cccc(-n5c6ccccc6c6ccccc65)c4-n4c5ccccc5c5ccccc54)cc2S3)c(C(C)(C)C)c1. The Morgan fingerprint density at radius 1 is 0.243 bits per heavy atom. The standard InChI is InChI=1S/C104H76BN5S/c1-103(2,3)69-56-57-70(82(64-69)104(4,5)6)68-61-97-100-99(63-68)111-98-62-67(73-42-29-53-95(107-88-46-22-13-35-76(88)77-36-14-23-47-89(77)107)102(73)110-92-50-26-17-39-80(92)81-40-18-27-51-93(81)110)55-59-84(98)105(100)83-58-54-66(60-96(83)108(97)85-43-19-10-32-71(85)65-30-8-7-9-31-65)72-41-28-52-94(106-86-44-20-11-33-74(86)75-34-12-21-45-87(75)106)101(72)109-90-48-24-15-37-78(90)79-38-16-25-49-91(79)109/h7-64H,1-6H3. The first-order chi connectivity index (χ1) is 54.4. The smallest absolute Gasteiger partial charge is 0.249 e. The summed E-state index contributed by atoms with van der Waals surface area (Å²) in [5.41, 5.74) is 32.8. The van der Waals surface area contributed by atoms with Gasteiger partial charge >= 0.3 is 0 Å². The van der Waals surface area contributed by atoms with Gasteiger partial charge in [-0.3, -0.25) is 0 Å². The van der Waals surface area contributed by atoms with Gasteiger partial charge in [-0.25, -0.2) is 0 Å². The van der Waals surface area contributed by atoms with Crippen molar-refractivity contribution >= 4 is 139 Å². The largest absolute Gasteiger partial charge is 0.311 e. The van der Waals surface area contributed by atoms with E-state index in [1.165, 1.54) is 108 Å². The Morgan fingerprint density at radius 2 is 0.622 bits per heavy atom. The molecule has 6 heterocycles. The van der Waals surface area contributed by atoms with E-state index in [1.54, 1.807) is 0 Å². The van der Waals surface area contributed by atoms with Gasteiger partial charge < -0.3 is 23.2 Å². The molecule has 22 rings (SSSR count). The lowest BCUT2D eigenvalue weighted by Crippen LogP contribution is -2.59. The van der Waals surface area contributed by atoms with Gasteiger partial charge in [0.1, 0.15) is 0 Å². The summed E-state index contributed by atoms with van der Waals surface area (Å²) in [5, 5.41) is 9.78. The fourth-order valence-electron chi connectivity index (χ4n) is 19.0. The minimum atomic E-state index is -0.189. The van der Waals surface area contributed by atoms with E-state index >= 15 is 0 Å². The third-order valence-corrected chi connectivity index (χ3v) is 25.0. The molecule has 0 fully saturated rings. The summed E-state index contributed by atoms with van der Waals surface area (Å²) in [4.78, 5) is 5.15. The zero-order chi connectivity index (χ0) is 74.1. The molecule has 5 nitrogen and oxygen atoms in total. The lowest BCUT2D eigenvalue weighted by atomic mass is 9.34. The molecule has 20 aromatic rings. The van der Waals surface area contributed by atoms with Gasteiger partial charge in [0.05, 0.1) is 72.6 Å². The molecular formula is C104H76BN5S. The van der Waals surface area contributed by atoms with E-state index in [0.717, 1.165) is 101 Å². The second kappa shape index (κ2) is 24.7. The molecular weight excluding hydrogens is 1360 g/mol. The van der Waals surface area contributed by atoms with Gasteiger partial charge in [-0.05, 0) is 152 Å². The first-order valence-corrected chi connectivity index (χ1v) is 39.7. The topological polar surface area (TPSA) is 23.0 Å². The molecule has 0 N–H and O–H groups in total. The highest BCUT2D eigenvalue weighted by Crippen LogP contribution is 2.52. The Kier molecular flexibility index (Phi) is 14.5. The summed E-state index contributed by atoms with van der Waals surface area (Å²) in [5.74, 6) is 0. The van der Waals surface area contributed by atoms with E-state index < -0.39 is 0 Å². The summed E-state index contributed by atoms with van der Waals surface area (Å²) in [7, 11) is 0. The molecule has 0 spiro atoms. The second-order valence-corrected chi connectivity index (χ2v) is 33.4. The van der Waals surface area contributed by atoms with Crippen LogP contribution in [-0.4, -0.2) is 25.0 Å². The third kappa shape index (κ3) is 9.91. The molecule has 0 aliphatic carbocycles. The van der Waals surface area contributed by atoms with Gasteiger partial charge in [-0.1, -0.05) is 320 Å². The van der Waals surface area contributed by atoms with Crippen LogP contribution in [0.25, 0.3) is 154 Å². The van der Waals surface area contributed by atoms with Crippen molar-refractivity contribution in [2.24, 2.45) is 0 Å². The van der Waals surface area contributed by atoms with Gasteiger partial charge in [0.25, 0.3) is 0 Å². The quantitative estimate of drug-likeness (QED) is 0.134. The van der Waals surface area contributed by atoms with Crippen molar-refractivity contribution in [3.8, 4) is 67.3 Å². The fraction of sp³-hybridized carbons (Fsp3) is 0.0769. The maximum Gasteiger partial charge on any atom is 0.249 e. The molecule has 0 unspecified atom stereocenters. The van der Waals surface area contributed by atoms with E-state index in [1.807, 2.05) is 11.8 Å². The number of hydrogen-bond acceptors (Lipinski definition) is 2. The highest BCUT2D eigenvalue weighted by molar-refractivity contribution is 8.00. The minimum absolute atomic E-state index is 0.0565. The molecule has 2 aliphatic heterocycles. The predicted molar refractivity (Wildman–Crippen MR) is 473 cm³/mol. The van der Waals surface area contributed by atoms with E-state index in [2.05, 4.69) is 417 Å². The molecule has 2 aliphatic rings. The molecule has 4 aromatic heterocycles. The first kappa shape index (κ1) is 65.1. The zero-order valence-corrected chi connectivity index (χ0v) is 63.5. The van der Waals surface area contributed by atoms with Crippen molar-refractivity contribution in [1.29, 1.82) is 0 Å². The van der Waals surface area contributed by atoms with Crippen LogP contribution < -0.4 is 21.3 Å². The van der Waals surface area contributed by atoms with Crippen LogP contribution in [0.1, 0.15) is 52.7 Å². The molecule has 0 atom stereocenters. The molecule has 16 aromatic carbocycles. The molecule has 0 saturated heterocycles. The second-order valence-electron chi connectivity index (χ2n) is 32.3. The monoisotopic (exact) mass is 1440 g/mol. The number of benzene rings is 16. The van der Waals surface area contributed by atoms with Gasteiger partial charge in [0.2, 0.25) is 6.71 Å². The highest BCUT2D eigenvalue weighted by Gasteiger charge is 2.43. The zero-order valence-electron chi connectivity index (χ0n) is 62.7. The summed E-state index contributed by atoms with van der Waals surface area (Å²) >= 11 is 1.93. The summed E-state index contributed by atoms with van der Waals surface area (Å²) in [6.07, 6.45) is 0. The number of fused-ring (bicyclic) bond motifs is 16. The number of aromatic nitrogens is 4. The number of anilines is 3. The minimum Gasteiger partial charge on any atom is -0.311 e. The van der Waals surface area contributed by atoms with Gasteiger partial charge in [-0.15, -0.1) is 0 Å². The van der Waals surface area contributed by atoms with Gasteiger partial charge in [0, 0.05) is 80.9 Å². The fourth-order valence-corrected chi connectivity index (χ4v) is 20.2. The Bertz CT molecular complexity index is 7080. The van der Waals surface area contributed by atoms with Crippen molar-refractivity contribution in [2.45, 2.75) is 62.2 Å². The summed E-state index contributed by atoms with van der Waals surface area (Å²) < 4.78 is 10.1. The van der Waals surface area contributed by atoms with Crippen molar-refractivity contribution in [2.75, 3.05) is 4.90 Å². The predicted octanol–water partition coefficient (Wildman–Crippen LogP) is 26.1. The van der Waals surface area contributed by atoms with Crippen LogP contribution in [0.2, 0.25) is 0 Å². The van der Waals surface area contributed by atoms with Crippen LogP contribution in [-0.2, 0) is 10.8 Å². The average molecular weight is 1440 g/mol. The summed E-state index contributed by atoms with van der Waals surface area (Å²) in [6, 6.07) is 133. The van der Waals surface area contributed by atoms with Gasteiger partial charge in [0.15, 0.2) is 0 Å². The Morgan fingerprint density at radius 3 is 1.08 bits per heavy atom. The van der Waals surface area contributed by atoms with Gasteiger partial charge in [-0.2, -0.15) is 0 Å². The maximum absolute atomic E-state index is 2.66. The molecule has 0 bridgehead atoms. The first-order valence-electron chi connectivity index (χ1n) is 38.8. The summed E-state index contributed by atoms with van der Waals surface area (Å²) in [6.45, 7) is 14.0. The van der Waals surface area contributed by atoms with Crippen LogP contribution in [0, 0.1) is 0 Å². The average Bonchev–Trinajstić information content (AvgIpc) is 1.45. The van der Waals surface area contributed by atoms with E-state index in [4.69, 9.17) is 0 Å².